The lowest BCUT2D eigenvalue weighted by molar-refractivity contribution is -0.564. The van der Waals surface area contributed by atoms with E-state index in [4.69, 9.17) is 9.72 Å². The summed E-state index contributed by atoms with van der Waals surface area (Å²) in [5, 5.41) is 13.0. The van der Waals surface area contributed by atoms with E-state index in [0.29, 0.717) is 35.8 Å². The van der Waals surface area contributed by atoms with Crippen LogP contribution in [0, 0.1) is 5.21 Å². The fourth-order valence-corrected chi connectivity index (χ4v) is 2.85. The average molecular weight is 308 g/mol. The zero-order valence-electron chi connectivity index (χ0n) is 12.6. The molecule has 4 rings (SSSR count). The van der Waals surface area contributed by atoms with Gasteiger partial charge in [0.05, 0.1) is 18.8 Å². The molecule has 3 heterocycles. The summed E-state index contributed by atoms with van der Waals surface area (Å²) in [4.78, 5) is 10.9. The lowest BCUT2D eigenvalue weighted by atomic mass is 10.1. The van der Waals surface area contributed by atoms with Crippen molar-refractivity contribution >= 4 is 16.9 Å². The molecule has 1 aliphatic rings. The first-order valence-electron chi connectivity index (χ1n) is 7.60. The van der Waals surface area contributed by atoms with Gasteiger partial charge in [0.15, 0.2) is 0 Å². The predicted molar refractivity (Wildman–Crippen MR) is 87.0 cm³/mol. The van der Waals surface area contributed by atoms with E-state index in [-0.39, 0.29) is 0 Å². The summed E-state index contributed by atoms with van der Waals surface area (Å²) in [6, 6.07) is 11.4. The van der Waals surface area contributed by atoms with E-state index < -0.39 is 0 Å². The van der Waals surface area contributed by atoms with Crippen molar-refractivity contribution in [2.45, 2.75) is 0 Å². The highest BCUT2D eigenvalue weighted by molar-refractivity contribution is 5.78. The van der Waals surface area contributed by atoms with E-state index in [9.17, 15) is 5.21 Å². The molecule has 6 nitrogen and oxygen atoms in total. The van der Waals surface area contributed by atoms with Crippen LogP contribution >= 0.6 is 0 Å². The second-order valence-corrected chi connectivity index (χ2v) is 5.41. The summed E-state index contributed by atoms with van der Waals surface area (Å²) in [5.41, 5.74) is 2.54. The minimum Gasteiger partial charge on any atom is -0.618 e. The van der Waals surface area contributed by atoms with Crippen molar-refractivity contribution in [1.29, 1.82) is 0 Å². The van der Waals surface area contributed by atoms with Crippen molar-refractivity contribution in [2.75, 3.05) is 31.2 Å². The van der Waals surface area contributed by atoms with Gasteiger partial charge in [0.2, 0.25) is 5.82 Å². The van der Waals surface area contributed by atoms with E-state index in [2.05, 4.69) is 9.88 Å². The number of benzene rings is 1. The molecule has 0 unspecified atom stereocenters. The summed E-state index contributed by atoms with van der Waals surface area (Å²) in [7, 11) is 0. The van der Waals surface area contributed by atoms with Crippen LogP contribution in [0.4, 0.5) is 5.82 Å². The number of nitrogens with zero attached hydrogens (tertiary/aromatic N) is 4. The molecule has 1 aliphatic heterocycles. The Balaban J connectivity index is 1.98. The van der Waals surface area contributed by atoms with E-state index in [1.165, 1.54) is 0 Å². The van der Waals surface area contributed by atoms with Crippen LogP contribution in [0.5, 0.6) is 0 Å². The highest BCUT2D eigenvalue weighted by Crippen LogP contribution is 2.28. The lowest BCUT2D eigenvalue weighted by Crippen LogP contribution is -2.41. The second kappa shape index (κ2) is 5.81. The molecule has 1 aromatic carbocycles. The quantitative estimate of drug-likeness (QED) is 0.533. The number of hydrogen-bond donors (Lipinski definition) is 0. The third kappa shape index (κ3) is 2.47. The highest BCUT2D eigenvalue weighted by atomic mass is 16.5. The smallest absolute Gasteiger partial charge is 0.267 e. The van der Waals surface area contributed by atoms with Crippen molar-refractivity contribution < 1.29 is 9.47 Å². The van der Waals surface area contributed by atoms with Gasteiger partial charge < -0.3 is 14.8 Å². The van der Waals surface area contributed by atoms with Crippen LogP contribution in [0.3, 0.4) is 0 Å². The molecule has 23 heavy (non-hydrogen) atoms. The maximum absolute atomic E-state index is 13.0. The number of aromatic nitrogens is 3. The van der Waals surface area contributed by atoms with Gasteiger partial charge in [-0.3, -0.25) is 4.98 Å². The minimum absolute atomic E-state index is 0.475. The Kier molecular flexibility index (Phi) is 3.51. The number of rotatable bonds is 2. The molecule has 0 radical (unpaired) electrons. The number of morpholine rings is 1. The van der Waals surface area contributed by atoms with Gasteiger partial charge in [-0.1, -0.05) is 18.2 Å². The number of pyridine rings is 1. The Labute approximate surface area is 133 Å². The molecule has 1 fully saturated rings. The van der Waals surface area contributed by atoms with Crippen LogP contribution in [0.15, 0.2) is 48.8 Å². The van der Waals surface area contributed by atoms with Crippen molar-refractivity contribution in [1.82, 2.24) is 9.97 Å². The molecule has 3 aromatic rings. The molecule has 6 heteroatoms. The van der Waals surface area contributed by atoms with Crippen LogP contribution < -0.4 is 9.63 Å². The maximum Gasteiger partial charge on any atom is 0.267 e. The van der Waals surface area contributed by atoms with Gasteiger partial charge in [-0.05, 0) is 18.2 Å². The van der Waals surface area contributed by atoms with E-state index in [1.807, 2.05) is 30.3 Å². The molecule has 0 N–H and O–H groups in total. The molecule has 0 atom stereocenters. The predicted octanol–water partition coefficient (Wildman–Crippen LogP) is 1.77. The number of hydrogen-bond acceptors (Lipinski definition) is 5. The summed E-state index contributed by atoms with van der Waals surface area (Å²) in [6.45, 7) is 2.74. The first-order chi connectivity index (χ1) is 11.3. The van der Waals surface area contributed by atoms with Gasteiger partial charge in [-0.2, -0.15) is 4.73 Å². The van der Waals surface area contributed by atoms with Crippen LogP contribution in [-0.2, 0) is 4.74 Å². The zero-order chi connectivity index (χ0) is 15.6. The Morgan fingerprint density at radius 2 is 1.87 bits per heavy atom. The van der Waals surface area contributed by atoms with E-state index in [1.54, 1.807) is 18.5 Å². The Morgan fingerprint density at radius 1 is 1.09 bits per heavy atom. The van der Waals surface area contributed by atoms with Gasteiger partial charge in [0.1, 0.15) is 11.7 Å². The number of anilines is 1. The van der Waals surface area contributed by atoms with Crippen molar-refractivity contribution in [2.24, 2.45) is 0 Å². The molecule has 0 aliphatic carbocycles. The molecule has 0 amide bonds. The highest BCUT2D eigenvalue weighted by Gasteiger charge is 2.26. The molecule has 0 bridgehead atoms. The molecular weight excluding hydrogens is 292 g/mol. The van der Waals surface area contributed by atoms with Crippen molar-refractivity contribution in [3.8, 4) is 11.3 Å². The largest absolute Gasteiger partial charge is 0.618 e. The summed E-state index contributed by atoms with van der Waals surface area (Å²) in [6.07, 6.45) is 3.21. The minimum atomic E-state index is 0.475. The standard InChI is InChI=1S/C17H16N4O2/c22-21-15-12-18-7-6-14(15)19-17(20-8-10-23-11-9-20)16(21)13-4-2-1-3-5-13/h1-7,12H,8-11H2. The summed E-state index contributed by atoms with van der Waals surface area (Å²) >= 11 is 0. The van der Waals surface area contributed by atoms with Gasteiger partial charge in [0, 0.05) is 19.3 Å². The van der Waals surface area contributed by atoms with Crippen LogP contribution in [0.25, 0.3) is 22.3 Å². The molecule has 2 aromatic heterocycles. The van der Waals surface area contributed by atoms with Gasteiger partial charge in [-0.15, -0.1) is 0 Å². The van der Waals surface area contributed by atoms with Crippen molar-refractivity contribution in [3.05, 3.63) is 54.0 Å². The first kappa shape index (κ1) is 13.9. The average Bonchev–Trinajstić information content (AvgIpc) is 2.63. The number of ether oxygens (including phenoxy) is 1. The molecule has 0 spiro atoms. The van der Waals surface area contributed by atoms with Gasteiger partial charge >= 0.3 is 0 Å². The molecular formula is C17H16N4O2. The third-order valence-corrected chi connectivity index (χ3v) is 4.00. The number of fused-ring (bicyclic) bond motifs is 1. The van der Waals surface area contributed by atoms with E-state index in [0.717, 1.165) is 23.4 Å². The van der Waals surface area contributed by atoms with Crippen LogP contribution in [0.1, 0.15) is 0 Å². The van der Waals surface area contributed by atoms with Gasteiger partial charge in [0.25, 0.3) is 11.2 Å². The Hall–Kier alpha value is -2.73. The fraction of sp³-hybridized carbons (Fsp3) is 0.235. The maximum atomic E-state index is 13.0. The summed E-state index contributed by atoms with van der Waals surface area (Å²) < 4.78 is 6.36. The molecule has 116 valence electrons. The van der Waals surface area contributed by atoms with Crippen LogP contribution in [0.2, 0.25) is 0 Å². The topological polar surface area (TPSA) is 65.2 Å². The third-order valence-electron chi connectivity index (χ3n) is 4.00. The summed E-state index contributed by atoms with van der Waals surface area (Å²) in [5.74, 6) is 0.702. The monoisotopic (exact) mass is 308 g/mol. The van der Waals surface area contributed by atoms with Crippen molar-refractivity contribution in [3.63, 3.8) is 0 Å². The second-order valence-electron chi connectivity index (χ2n) is 5.41. The SMILES string of the molecule is [O-][n+]1c(-c2ccccc2)c(N2CCOCC2)nc2ccncc21. The van der Waals surface area contributed by atoms with E-state index >= 15 is 0 Å². The lowest BCUT2D eigenvalue weighted by Gasteiger charge is -2.28. The van der Waals surface area contributed by atoms with Gasteiger partial charge in [-0.25, -0.2) is 4.98 Å². The molecule has 1 saturated heterocycles. The normalized spacial score (nSPS) is 15.0. The Morgan fingerprint density at radius 3 is 2.65 bits per heavy atom. The van der Waals surface area contributed by atoms with Crippen LogP contribution in [-0.4, -0.2) is 36.3 Å². The first-order valence-corrected chi connectivity index (χ1v) is 7.60. The Bertz CT molecular complexity index is 833. The zero-order valence-corrected chi connectivity index (χ0v) is 12.6. The fourth-order valence-electron chi connectivity index (χ4n) is 2.85. The molecule has 0 saturated carbocycles.